The smallest absolute Gasteiger partial charge is 0.352 e. The fourth-order valence-corrected chi connectivity index (χ4v) is 4.40. The molecular formula is C16H16N2O5S. The van der Waals surface area contributed by atoms with Gasteiger partial charge < -0.3 is 10.2 Å². The first-order chi connectivity index (χ1) is 11.5. The van der Waals surface area contributed by atoms with Gasteiger partial charge in [0.1, 0.15) is 17.1 Å². The second-order valence-corrected chi connectivity index (χ2v) is 6.60. The molecular weight excluding hydrogens is 332 g/mol. The Morgan fingerprint density at radius 2 is 2.00 bits per heavy atom. The number of aliphatic carboxylic acids is 1. The van der Waals surface area contributed by atoms with Gasteiger partial charge in [0, 0.05) is 18.4 Å². The molecule has 1 aromatic rings. The summed E-state index contributed by atoms with van der Waals surface area (Å²) in [4.78, 5) is 38.8. The van der Waals surface area contributed by atoms with E-state index < -0.39 is 29.9 Å². The van der Waals surface area contributed by atoms with Crippen LogP contribution in [-0.4, -0.2) is 56.7 Å². The first-order valence-electron chi connectivity index (χ1n) is 7.33. The highest BCUT2D eigenvalue weighted by Gasteiger charge is 2.56. The van der Waals surface area contributed by atoms with Crippen LogP contribution in [0, 0.1) is 0 Å². The number of carboxylic acids is 1. The molecule has 1 fully saturated rings. The first kappa shape index (κ1) is 16.5. The third kappa shape index (κ3) is 2.47. The fraction of sp³-hybridized carbons (Fsp3) is 0.312. The summed E-state index contributed by atoms with van der Waals surface area (Å²) in [5.41, 5.74) is 0.737. The van der Waals surface area contributed by atoms with Crippen molar-refractivity contribution in [3.05, 3.63) is 41.6 Å². The first-order valence-corrected chi connectivity index (χ1v) is 8.38. The molecule has 2 atom stereocenters. The fourth-order valence-electron chi connectivity index (χ4n) is 3.02. The Balaban J connectivity index is 1.96. The number of thioether (sulfide) groups is 1. The summed E-state index contributed by atoms with van der Waals surface area (Å²) in [6.45, 7) is 0.967. The summed E-state index contributed by atoms with van der Waals surface area (Å²) in [5.74, 6) is -1.67. The topological polar surface area (TPSA) is 98.2 Å². The summed E-state index contributed by atoms with van der Waals surface area (Å²) in [6, 6.07) is 8.07. The molecule has 0 radical (unpaired) electrons. The van der Waals surface area contributed by atoms with E-state index in [1.807, 2.05) is 6.07 Å². The van der Waals surface area contributed by atoms with Crippen LogP contribution in [0.4, 0.5) is 5.69 Å². The van der Waals surface area contributed by atoms with Gasteiger partial charge in [-0.2, -0.15) is 0 Å². The third-order valence-electron chi connectivity index (χ3n) is 4.06. The van der Waals surface area contributed by atoms with E-state index in [0.29, 0.717) is 17.0 Å². The molecule has 0 aromatic heterocycles. The number of para-hydroxylation sites is 1. The SMILES string of the molecule is CC(=O)N(c1ccccc1)[C@@H]1C(=O)N2C(C(=O)O)=C(CO)CS[C@H]12. The number of hydrogen-bond donors (Lipinski definition) is 2. The Morgan fingerprint density at radius 1 is 1.33 bits per heavy atom. The Labute approximate surface area is 142 Å². The van der Waals surface area contributed by atoms with Gasteiger partial charge in [0.25, 0.3) is 5.91 Å². The number of anilines is 1. The van der Waals surface area contributed by atoms with Gasteiger partial charge in [-0.25, -0.2) is 4.79 Å². The second-order valence-electron chi connectivity index (χ2n) is 5.49. The maximum atomic E-state index is 12.6. The lowest BCUT2D eigenvalue weighted by Gasteiger charge is -2.52. The van der Waals surface area contributed by atoms with Crippen LogP contribution in [0.25, 0.3) is 0 Å². The van der Waals surface area contributed by atoms with Gasteiger partial charge in [0.05, 0.1) is 6.61 Å². The molecule has 0 saturated carbocycles. The minimum Gasteiger partial charge on any atom is -0.477 e. The van der Waals surface area contributed by atoms with E-state index >= 15 is 0 Å². The summed E-state index contributed by atoms with van der Waals surface area (Å²) in [6.07, 6.45) is 0. The normalized spacial score (nSPS) is 22.8. The number of aliphatic hydroxyl groups is 1. The van der Waals surface area contributed by atoms with Gasteiger partial charge in [-0.15, -0.1) is 11.8 Å². The predicted molar refractivity (Wildman–Crippen MR) is 88.2 cm³/mol. The highest BCUT2D eigenvalue weighted by atomic mass is 32.2. The van der Waals surface area contributed by atoms with Crippen molar-refractivity contribution < 1.29 is 24.6 Å². The van der Waals surface area contributed by atoms with Crippen molar-refractivity contribution in [2.45, 2.75) is 18.3 Å². The van der Waals surface area contributed by atoms with Crippen molar-refractivity contribution in [3.8, 4) is 0 Å². The molecule has 2 N–H and O–H groups in total. The van der Waals surface area contributed by atoms with E-state index in [9.17, 15) is 24.6 Å². The molecule has 1 saturated heterocycles. The Hall–Kier alpha value is -2.32. The summed E-state index contributed by atoms with van der Waals surface area (Å²) >= 11 is 1.35. The minimum absolute atomic E-state index is 0.168. The number of fused-ring (bicyclic) bond motifs is 1. The number of carboxylic acid groups (broad SMARTS) is 1. The van der Waals surface area contributed by atoms with Gasteiger partial charge >= 0.3 is 5.97 Å². The molecule has 8 heteroatoms. The van der Waals surface area contributed by atoms with Crippen LogP contribution in [0.2, 0.25) is 0 Å². The molecule has 7 nitrogen and oxygen atoms in total. The van der Waals surface area contributed by atoms with Gasteiger partial charge in [0.2, 0.25) is 5.91 Å². The summed E-state index contributed by atoms with van der Waals surface area (Å²) < 4.78 is 0. The highest BCUT2D eigenvalue weighted by Crippen LogP contribution is 2.43. The van der Waals surface area contributed by atoms with Crippen LogP contribution in [-0.2, 0) is 14.4 Å². The van der Waals surface area contributed by atoms with Crippen molar-refractivity contribution in [3.63, 3.8) is 0 Å². The maximum Gasteiger partial charge on any atom is 0.352 e. The Kier molecular flexibility index (Phi) is 4.33. The van der Waals surface area contributed by atoms with E-state index in [0.717, 1.165) is 0 Å². The lowest BCUT2D eigenvalue weighted by atomic mass is 10.0. The monoisotopic (exact) mass is 348 g/mol. The largest absolute Gasteiger partial charge is 0.477 e. The van der Waals surface area contributed by atoms with Crippen molar-refractivity contribution in [2.75, 3.05) is 17.3 Å². The van der Waals surface area contributed by atoms with Crippen LogP contribution in [0.15, 0.2) is 41.6 Å². The number of β-lactam (4-membered cyclic amide) rings is 1. The molecule has 0 unspecified atom stereocenters. The van der Waals surface area contributed by atoms with Crippen LogP contribution >= 0.6 is 11.8 Å². The molecule has 0 spiro atoms. The lowest BCUT2D eigenvalue weighted by molar-refractivity contribution is -0.149. The van der Waals surface area contributed by atoms with E-state index in [1.165, 1.54) is 28.5 Å². The summed E-state index contributed by atoms with van der Waals surface area (Å²) in [7, 11) is 0. The van der Waals surface area contributed by atoms with Crippen molar-refractivity contribution in [1.29, 1.82) is 0 Å². The molecule has 2 amide bonds. The molecule has 3 rings (SSSR count). The molecule has 0 aliphatic carbocycles. The zero-order valence-electron chi connectivity index (χ0n) is 12.9. The van der Waals surface area contributed by atoms with Crippen molar-refractivity contribution >= 4 is 35.2 Å². The molecule has 24 heavy (non-hydrogen) atoms. The van der Waals surface area contributed by atoms with E-state index in [4.69, 9.17) is 0 Å². The minimum atomic E-state index is -1.25. The average Bonchev–Trinajstić information content (AvgIpc) is 2.58. The van der Waals surface area contributed by atoms with Gasteiger partial charge in [-0.1, -0.05) is 18.2 Å². The quantitative estimate of drug-likeness (QED) is 0.776. The number of amides is 2. The Bertz CT molecular complexity index is 733. The van der Waals surface area contributed by atoms with Gasteiger partial charge in [-0.3, -0.25) is 19.4 Å². The Morgan fingerprint density at radius 3 is 2.54 bits per heavy atom. The molecule has 1 aromatic carbocycles. The zero-order chi connectivity index (χ0) is 17.4. The molecule has 2 aliphatic heterocycles. The van der Waals surface area contributed by atoms with Crippen LogP contribution in [0.5, 0.6) is 0 Å². The van der Waals surface area contributed by atoms with E-state index in [-0.39, 0.29) is 11.6 Å². The number of rotatable bonds is 4. The standard InChI is InChI=1S/C16H16N2O5S/c1-9(20)17(11-5-3-2-4-6-11)13-14(21)18-12(16(22)23)10(7-19)8-24-15(13)18/h2-6,13,15,19H,7-8H2,1H3,(H,22,23)/t13-,15-/m1/s1. The number of nitrogens with zero attached hydrogens (tertiary/aromatic N) is 2. The maximum absolute atomic E-state index is 12.6. The number of carbonyl (C=O) groups is 3. The van der Waals surface area contributed by atoms with Crippen LogP contribution in [0.1, 0.15) is 6.92 Å². The molecule has 2 heterocycles. The molecule has 2 aliphatic rings. The van der Waals surface area contributed by atoms with Gasteiger partial charge in [0.15, 0.2) is 0 Å². The van der Waals surface area contributed by atoms with Crippen molar-refractivity contribution in [2.24, 2.45) is 0 Å². The van der Waals surface area contributed by atoms with Crippen LogP contribution in [0.3, 0.4) is 0 Å². The zero-order valence-corrected chi connectivity index (χ0v) is 13.7. The van der Waals surface area contributed by atoms with Crippen molar-refractivity contribution in [1.82, 2.24) is 4.90 Å². The lowest BCUT2D eigenvalue weighted by Crippen LogP contribution is -2.71. The van der Waals surface area contributed by atoms with E-state index in [2.05, 4.69) is 0 Å². The number of hydrogen-bond acceptors (Lipinski definition) is 5. The van der Waals surface area contributed by atoms with Crippen LogP contribution < -0.4 is 4.90 Å². The second kappa shape index (κ2) is 6.29. The number of aliphatic hydroxyl groups excluding tert-OH is 1. The van der Waals surface area contributed by atoms with E-state index in [1.54, 1.807) is 24.3 Å². The number of benzene rings is 1. The summed E-state index contributed by atoms with van der Waals surface area (Å²) in [5, 5.41) is 18.2. The predicted octanol–water partition coefficient (Wildman–Crippen LogP) is 0.654. The third-order valence-corrected chi connectivity index (χ3v) is 5.39. The van der Waals surface area contributed by atoms with Gasteiger partial charge in [-0.05, 0) is 17.7 Å². The molecule has 126 valence electrons. The number of carbonyl (C=O) groups excluding carboxylic acids is 2. The average molecular weight is 348 g/mol. The molecule has 0 bridgehead atoms. The highest BCUT2D eigenvalue weighted by molar-refractivity contribution is 8.00.